The summed E-state index contributed by atoms with van der Waals surface area (Å²) in [5.41, 5.74) is 0.304. The average molecular weight is 583 g/mol. The molecule has 3 aromatic carbocycles. The van der Waals surface area contributed by atoms with E-state index >= 15 is 0 Å². The lowest BCUT2D eigenvalue weighted by molar-refractivity contribution is -0.137. The molecule has 0 aliphatic rings. The molecule has 39 heavy (non-hydrogen) atoms. The van der Waals surface area contributed by atoms with Crippen LogP contribution in [0.2, 0.25) is 5.02 Å². The zero-order valence-corrected chi connectivity index (χ0v) is 23.3. The molecule has 0 fully saturated rings. The van der Waals surface area contributed by atoms with Gasteiger partial charge in [0.15, 0.2) is 0 Å². The normalized spacial score (nSPS) is 11.9. The highest BCUT2D eigenvalue weighted by Gasteiger charge is 2.35. The van der Waals surface area contributed by atoms with Crippen molar-refractivity contribution in [1.82, 2.24) is 5.32 Å². The number of aryl methyl sites for hydroxylation is 2. The first-order valence-corrected chi connectivity index (χ1v) is 14.1. The molecule has 0 atom stereocenters. The summed E-state index contributed by atoms with van der Waals surface area (Å²) in [7, 11) is -4.38. The summed E-state index contributed by atoms with van der Waals surface area (Å²) in [4.78, 5) is 12.6. The minimum atomic E-state index is -4.81. The molecule has 210 valence electrons. The number of carbonyl (C=O) groups is 1. The molecule has 0 spiro atoms. The van der Waals surface area contributed by atoms with Crippen molar-refractivity contribution >= 4 is 33.2 Å². The van der Waals surface area contributed by atoms with Crippen LogP contribution in [0.3, 0.4) is 0 Å². The Morgan fingerprint density at radius 1 is 1.03 bits per heavy atom. The second-order valence-electron chi connectivity index (χ2n) is 9.25. The lowest BCUT2D eigenvalue weighted by Gasteiger charge is -2.25. The molecule has 0 radical (unpaired) electrons. The quantitative estimate of drug-likeness (QED) is 0.266. The van der Waals surface area contributed by atoms with Gasteiger partial charge in [-0.2, -0.15) is 13.2 Å². The maximum atomic E-state index is 13.5. The second kappa shape index (κ2) is 12.7. The summed E-state index contributed by atoms with van der Waals surface area (Å²) in [6.07, 6.45) is -3.53. The fraction of sp³-hybridized carbons (Fsp3) is 0.321. The van der Waals surface area contributed by atoms with Crippen LogP contribution < -0.4 is 14.4 Å². The van der Waals surface area contributed by atoms with Gasteiger partial charge in [0, 0.05) is 6.54 Å². The molecule has 3 rings (SSSR count). The van der Waals surface area contributed by atoms with Gasteiger partial charge >= 0.3 is 6.18 Å². The molecule has 6 nitrogen and oxygen atoms in total. The highest BCUT2D eigenvalue weighted by molar-refractivity contribution is 7.92. The molecule has 0 heterocycles. The van der Waals surface area contributed by atoms with Crippen molar-refractivity contribution in [3.63, 3.8) is 0 Å². The van der Waals surface area contributed by atoms with E-state index < -0.39 is 39.2 Å². The first kappa shape index (κ1) is 30.3. The number of sulfonamides is 1. The Labute approximate surface area is 231 Å². The van der Waals surface area contributed by atoms with Crippen LogP contribution in [0, 0.1) is 6.92 Å². The monoisotopic (exact) mass is 582 g/mol. The molecule has 1 amide bonds. The molecule has 3 aromatic rings. The molecule has 0 aliphatic carbocycles. The number of alkyl halides is 3. The van der Waals surface area contributed by atoms with E-state index in [0.29, 0.717) is 23.2 Å². The maximum Gasteiger partial charge on any atom is 0.417 e. The Balaban J connectivity index is 1.74. The number of amides is 1. The highest BCUT2D eigenvalue weighted by Crippen LogP contribution is 2.38. The van der Waals surface area contributed by atoms with Crippen LogP contribution in [0.1, 0.15) is 37.0 Å². The van der Waals surface area contributed by atoms with E-state index in [1.165, 1.54) is 12.1 Å². The molecule has 0 saturated heterocycles. The SMILES string of the molecule is Cc1ccc(S(=O)(=O)N(CC(=O)NCCCc2ccc(OC(C)C)cc2)c2ccc(Cl)c(C(F)(F)F)c2)cc1. The van der Waals surface area contributed by atoms with Crippen molar-refractivity contribution in [1.29, 1.82) is 0 Å². The molecular weight excluding hydrogens is 553 g/mol. The number of hydrogen-bond donors (Lipinski definition) is 1. The molecule has 0 aromatic heterocycles. The topological polar surface area (TPSA) is 75.7 Å². The van der Waals surface area contributed by atoms with Crippen molar-refractivity contribution in [2.24, 2.45) is 0 Å². The zero-order chi connectivity index (χ0) is 28.8. The Hall–Kier alpha value is -3.24. The number of nitrogens with one attached hydrogen (secondary N) is 1. The average Bonchev–Trinajstić information content (AvgIpc) is 2.86. The van der Waals surface area contributed by atoms with Crippen LogP contribution in [-0.2, 0) is 27.4 Å². The predicted molar refractivity (Wildman–Crippen MR) is 146 cm³/mol. The van der Waals surface area contributed by atoms with Crippen LogP contribution in [0.25, 0.3) is 0 Å². The molecule has 11 heteroatoms. The van der Waals surface area contributed by atoms with Crippen molar-refractivity contribution in [3.8, 4) is 5.75 Å². The smallest absolute Gasteiger partial charge is 0.417 e. The number of nitrogens with zero attached hydrogens (tertiary/aromatic N) is 1. The van der Waals surface area contributed by atoms with E-state index in [-0.39, 0.29) is 23.2 Å². The number of anilines is 1. The van der Waals surface area contributed by atoms with Crippen molar-refractivity contribution in [2.45, 2.75) is 50.8 Å². The van der Waals surface area contributed by atoms with Crippen LogP contribution in [0.4, 0.5) is 18.9 Å². The Morgan fingerprint density at radius 2 is 1.67 bits per heavy atom. The van der Waals surface area contributed by atoms with Crippen molar-refractivity contribution in [3.05, 3.63) is 88.4 Å². The standard InChI is InChI=1S/C28H30ClF3N2O4S/c1-19(2)38-23-11-8-21(9-12-23)5-4-16-33-27(35)18-34(39(36,37)24-13-6-20(3)7-14-24)22-10-15-26(29)25(17-22)28(30,31)32/h6-15,17,19H,4-5,16,18H2,1-3H3,(H,33,35). The predicted octanol–water partition coefficient (Wildman–Crippen LogP) is 6.40. The fourth-order valence-corrected chi connectivity index (χ4v) is 5.39. The maximum absolute atomic E-state index is 13.5. The minimum absolute atomic E-state index is 0.0633. The van der Waals surface area contributed by atoms with Crippen LogP contribution in [-0.4, -0.2) is 33.5 Å². The van der Waals surface area contributed by atoms with E-state index in [1.807, 2.05) is 38.1 Å². The summed E-state index contributed by atoms with van der Waals surface area (Å²) in [5, 5.41) is 2.08. The Morgan fingerprint density at radius 3 is 2.26 bits per heavy atom. The molecular formula is C28H30ClF3N2O4S. The van der Waals surface area contributed by atoms with Crippen LogP contribution >= 0.6 is 11.6 Å². The third-order valence-corrected chi connectivity index (χ3v) is 7.82. The van der Waals surface area contributed by atoms with Gasteiger partial charge in [0.1, 0.15) is 12.3 Å². The van der Waals surface area contributed by atoms with E-state index in [1.54, 1.807) is 19.1 Å². The van der Waals surface area contributed by atoms with Crippen LogP contribution in [0.5, 0.6) is 5.75 Å². The highest BCUT2D eigenvalue weighted by atomic mass is 35.5. The lowest BCUT2D eigenvalue weighted by atomic mass is 10.1. The summed E-state index contributed by atoms with van der Waals surface area (Å²) in [6, 6.07) is 16.1. The minimum Gasteiger partial charge on any atom is -0.491 e. The second-order valence-corrected chi connectivity index (χ2v) is 11.5. The molecule has 0 aliphatic heterocycles. The van der Waals surface area contributed by atoms with Crippen LogP contribution in [0.15, 0.2) is 71.6 Å². The summed E-state index contributed by atoms with van der Waals surface area (Å²) in [6.45, 7) is 5.17. The van der Waals surface area contributed by atoms with Gasteiger partial charge in [-0.1, -0.05) is 41.4 Å². The molecule has 0 saturated carbocycles. The number of hydrogen-bond acceptors (Lipinski definition) is 4. The summed E-state index contributed by atoms with van der Waals surface area (Å²) in [5.74, 6) is 0.0997. The summed E-state index contributed by atoms with van der Waals surface area (Å²) < 4.78 is 73.7. The number of halogens is 4. The van der Waals surface area contributed by atoms with Gasteiger partial charge in [-0.25, -0.2) is 8.42 Å². The van der Waals surface area contributed by atoms with E-state index in [4.69, 9.17) is 16.3 Å². The number of carbonyl (C=O) groups excluding carboxylic acids is 1. The van der Waals surface area contributed by atoms with Gasteiger partial charge < -0.3 is 10.1 Å². The molecule has 0 unspecified atom stereocenters. The first-order chi connectivity index (χ1) is 18.3. The number of rotatable bonds is 11. The summed E-state index contributed by atoms with van der Waals surface area (Å²) >= 11 is 5.73. The third-order valence-electron chi connectivity index (χ3n) is 5.70. The third kappa shape index (κ3) is 8.37. The zero-order valence-electron chi connectivity index (χ0n) is 21.8. The Kier molecular flexibility index (Phi) is 9.90. The van der Waals surface area contributed by atoms with Gasteiger partial charge in [-0.05, 0) is 81.6 Å². The van der Waals surface area contributed by atoms with Gasteiger partial charge in [0.05, 0.1) is 27.3 Å². The fourth-order valence-electron chi connectivity index (χ4n) is 3.75. The first-order valence-electron chi connectivity index (χ1n) is 12.3. The molecule has 0 bridgehead atoms. The van der Waals surface area contributed by atoms with E-state index in [2.05, 4.69) is 5.32 Å². The number of benzene rings is 3. The van der Waals surface area contributed by atoms with Gasteiger partial charge in [-0.3, -0.25) is 9.10 Å². The van der Waals surface area contributed by atoms with E-state index in [0.717, 1.165) is 29.0 Å². The van der Waals surface area contributed by atoms with E-state index in [9.17, 15) is 26.4 Å². The van der Waals surface area contributed by atoms with Crippen molar-refractivity contribution < 1.29 is 31.1 Å². The largest absolute Gasteiger partial charge is 0.491 e. The number of ether oxygens (including phenoxy) is 1. The lowest BCUT2D eigenvalue weighted by Crippen LogP contribution is -2.41. The molecule has 1 N–H and O–H groups in total. The Bertz CT molecular complexity index is 1380. The van der Waals surface area contributed by atoms with Gasteiger partial charge in [0.25, 0.3) is 10.0 Å². The van der Waals surface area contributed by atoms with Gasteiger partial charge in [-0.15, -0.1) is 0 Å². The van der Waals surface area contributed by atoms with Gasteiger partial charge in [0.2, 0.25) is 5.91 Å². The van der Waals surface area contributed by atoms with Crippen molar-refractivity contribution in [2.75, 3.05) is 17.4 Å².